The van der Waals surface area contributed by atoms with Crippen LogP contribution in [0.2, 0.25) is 0 Å². The Morgan fingerprint density at radius 2 is 2.29 bits per heavy atom. The minimum absolute atomic E-state index is 0.593. The zero-order valence-electron chi connectivity index (χ0n) is 7.55. The van der Waals surface area contributed by atoms with Crippen LogP contribution in [0.25, 0.3) is 10.7 Å². The fourth-order valence-corrected chi connectivity index (χ4v) is 1.72. The zero-order valence-corrected chi connectivity index (χ0v) is 8.37. The lowest BCUT2D eigenvalue weighted by atomic mass is 10.3. The van der Waals surface area contributed by atoms with Crippen LogP contribution in [-0.4, -0.2) is 21.5 Å². The van der Waals surface area contributed by atoms with E-state index in [-0.39, 0.29) is 0 Å². The van der Waals surface area contributed by atoms with Gasteiger partial charge in [0.15, 0.2) is 0 Å². The van der Waals surface area contributed by atoms with Gasteiger partial charge in [-0.1, -0.05) is 0 Å². The largest absolute Gasteiger partial charge is 0.330 e. The summed E-state index contributed by atoms with van der Waals surface area (Å²) in [6.07, 6.45) is 5.98. The van der Waals surface area contributed by atoms with Gasteiger partial charge in [0.05, 0.1) is 11.9 Å². The number of hydrogen-bond donors (Lipinski definition) is 1. The monoisotopic (exact) mass is 206 g/mol. The third kappa shape index (κ3) is 1.94. The number of rotatable bonds is 3. The van der Waals surface area contributed by atoms with Crippen molar-refractivity contribution in [2.24, 2.45) is 5.73 Å². The van der Waals surface area contributed by atoms with Gasteiger partial charge in [-0.25, -0.2) is 9.97 Å². The summed E-state index contributed by atoms with van der Waals surface area (Å²) < 4.78 is 0. The maximum atomic E-state index is 5.45. The van der Waals surface area contributed by atoms with Crippen molar-refractivity contribution in [3.05, 3.63) is 29.7 Å². The van der Waals surface area contributed by atoms with E-state index >= 15 is 0 Å². The van der Waals surface area contributed by atoms with E-state index in [2.05, 4.69) is 15.0 Å². The van der Waals surface area contributed by atoms with Gasteiger partial charge in [0.1, 0.15) is 10.7 Å². The smallest absolute Gasteiger partial charge is 0.143 e. The van der Waals surface area contributed by atoms with Gasteiger partial charge in [-0.3, -0.25) is 4.98 Å². The highest BCUT2D eigenvalue weighted by molar-refractivity contribution is 7.13. The molecule has 0 saturated heterocycles. The van der Waals surface area contributed by atoms with E-state index in [9.17, 15) is 0 Å². The molecule has 0 fully saturated rings. The second-order valence-electron chi connectivity index (χ2n) is 2.77. The Morgan fingerprint density at radius 3 is 3.00 bits per heavy atom. The van der Waals surface area contributed by atoms with Crippen LogP contribution in [0.15, 0.2) is 24.0 Å². The van der Waals surface area contributed by atoms with E-state index in [1.807, 2.05) is 5.38 Å². The highest BCUT2D eigenvalue weighted by atomic mass is 32.1. The molecule has 0 aliphatic rings. The fourth-order valence-electron chi connectivity index (χ4n) is 1.13. The molecule has 0 amide bonds. The molecule has 0 radical (unpaired) electrons. The molecule has 0 saturated carbocycles. The van der Waals surface area contributed by atoms with Crippen LogP contribution in [-0.2, 0) is 6.42 Å². The Morgan fingerprint density at radius 1 is 1.36 bits per heavy atom. The van der Waals surface area contributed by atoms with Crippen LogP contribution in [0.1, 0.15) is 5.69 Å². The first kappa shape index (κ1) is 9.23. The SMILES string of the molecule is NCCc1cncc(-c2nccs2)n1. The topological polar surface area (TPSA) is 64.7 Å². The lowest BCUT2D eigenvalue weighted by Gasteiger charge is -1.99. The van der Waals surface area contributed by atoms with Crippen molar-refractivity contribution in [1.29, 1.82) is 0 Å². The molecule has 0 spiro atoms. The Balaban J connectivity index is 2.31. The second kappa shape index (κ2) is 4.26. The lowest BCUT2D eigenvalue weighted by Crippen LogP contribution is -2.05. The van der Waals surface area contributed by atoms with E-state index in [1.165, 1.54) is 0 Å². The quantitative estimate of drug-likeness (QED) is 0.816. The number of aromatic nitrogens is 3. The van der Waals surface area contributed by atoms with Crippen LogP contribution in [0.3, 0.4) is 0 Å². The minimum atomic E-state index is 0.593. The van der Waals surface area contributed by atoms with Gasteiger partial charge < -0.3 is 5.73 Å². The molecule has 14 heavy (non-hydrogen) atoms. The summed E-state index contributed by atoms with van der Waals surface area (Å²) in [5.41, 5.74) is 7.19. The van der Waals surface area contributed by atoms with Gasteiger partial charge in [0, 0.05) is 24.2 Å². The first-order chi connectivity index (χ1) is 6.90. The summed E-state index contributed by atoms with van der Waals surface area (Å²) in [6.45, 7) is 0.593. The molecule has 0 aliphatic carbocycles. The van der Waals surface area contributed by atoms with Crippen LogP contribution < -0.4 is 5.73 Å². The first-order valence-electron chi connectivity index (χ1n) is 4.31. The van der Waals surface area contributed by atoms with Crippen molar-refractivity contribution in [2.45, 2.75) is 6.42 Å². The number of hydrogen-bond acceptors (Lipinski definition) is 5. The van der Waals surface area contributed by atoms with E-state index in [1.54, 1.807) is 29.9 Å². The zero-order chi connectivity index (χ0) is 9.80. The maximum Gasteiger partial charge on any atom is 0.143 e. The molecule has 2 heterocycles. The molecule has 2 N–H and O–H groups in total. The van der Waals surface area contributed by atoms with Crippen LogP contribution in [0.4, 0.5) is 0 Å². The highest BCUT2D eigenvalue weighted by Gasteiger charge is 2.03. The molecule has 5 heteroatoms. The predicted octanol–water partition coefficient (Wildman–Crippen LogP) is 1.10. The van der Waals surface area contributed by atoms with Gasteiger partial charge in [0.25, 0.3) is 0 Å². The number of nitrogens with two attached hydrogens (primary N) is 1. The average molecular weight is 206 g/mol. The van der Waals surface area contributed by atoms with Gasteiger partial charge in [-0.15, -0.1) is 11.3 Å². The normalized spacial score (nSPS) is 10.4. The van der Waals surface area contributed by atoms with Crippen molar-refractivity contribution in [3.63, 3.8) is 0 Å². The predicted molar refractivity (Wildman–Crippen MR) is 55.9 cm³/mol. The second-order valence-corrected chi connectivity index (χ2v) is 3.67. The average Bonchev–Trinajstić information content (AvgIpc) is 2.71. The Labute approximate surface area is 85.9 Å². The Kier molecular flexibility index (Phi) is 2.81. The summed E-state index contributed by atoms with van der Waals surface area (Å²) >= 11 is 1.56. The van der Waals surface area contributed by atoms with Gasteiger partial charge in [-0.05, 0) is 6.54 Å². The molecule has 4 nitrogen and oxygen atoms in total. The lowest BCUT2D eigenvalue weighted by molar-refractivity contribution is 0.910. The third-order valence-electron chi connectivity index (χ3n) is 1.74. The van der Waals surface area contributed by atoms with Gasteiger partial charge >= 0.3 is 0 Å². The summed E-state index contributed by atoms with van der Waals surface area (Å²) in [4.78, 5) is 12.7. The molecule has 0 atom stereocenters. The molecule has 0 aliphatic heterocycles. The number of nitrogens with zero attached hydrogens (tertiary/aromatic N) is 3. The van der Waals surface area contributed by atoms with Crippen LogP contribution in [0, 0.1) is 0 Å². The molecule has 0 aromatic carbocycles. The standard InChI is InChI=1S/C9H10N4S/c10-2-1-7-5-11-6-8(13-7)9-12-3-4-14-9/h3-6H,1-2,10H2. The molecular formula is C9H10N4S. The van der Waals surface area contributed by atoms with E-state index in [4.69, 9.17) is 5.73 Å². The summed E-state index contributed by atoms with van der Waals surface area (Å²) in [5.74, 6) is 0. The van der Waals surface area contributed by atoms with Crippen molar-refractivity contribution in [1.82, 2.24) is 15.0 Å². The van der Waals surface area contributed by atoms with Crippen molar-refractivity contribution in [2.75, 3.05) is 6.54 Å². The molecule has 0 bridgehead atoms. The van der Waals surface area contributed by atoms with Gasteiger partial charge in [0.2, 0.25) is 0 Å². The summed E-state index contributed by atoms with van der Waals surface area (Å²) in [6, 6.07) is 0. The van der Waals surface area contributed by atoms with Crippen molar-refractivity contribution < 1.29 is 0 Å². The van der Waals surface area contributed by atoms with E-state index in [0.29, 0.717) is 6.54 Å². The molecular weight excluding hydrogens is 196 g/mol. The van der Waals surface area contributed by atoms with Crippen molar-refractivity contribution >= 4 is 11.3 Å². The Hall–Kier alpha value is -1.33. The maximum absolute atomic E-state index is 5.45. The number of thiazole rings is 1. The van der Waals surface area contributed by atoms with Crippen molar-refractivity contribution in [3.8, 4) is 10.7 Å². The fraction of sp³-hybridized carbons (Fsp3) is 0.222. The summed E-state index contributed by atoms with van der Waals surface area (Å²) in [5, 5.41) is 2.82. The third-order valence-corrected chi connectivity index (χ3v) is 2.53. The van der Waals surface area contributed by atoms with Crippen LogP contribution in [0.5, 0.6) is 0 Å². The molecule has 2 aromatic rings. The van der Waals surface area contributed by atoms with E-state index in [0.717, 1.165) is 22.8 Å². The minimum Gasteiger partial charge on any atom is -0.330 e. The van der Waals surface area contributed by atoms with Crippen LogP contribution >= 0.6 is 11.3 Å². The Bertz CT molecular complexity index is 399. The molecule has 2 rings (SSSR count). The summed E-state index contributed by atoms with van der Waals surface area (Å²) in [7, 11) is 0. The molecule has 0 unspecified atom stereocenters. The molecule has 2 aromatic heterocycles. The van der Waals surface area contributed by atoms with E-state index < -0.39 is 0 Å². The van der Waals surface area contributed by atoms with Gasteiger partial charge in [-0.2, -0.15) is 0 Å². The highest BCUT2D eigenvalue weighted by Crippen LogP contribution is 2.18. The molecule has 72 valence electrons. The first-order valence-corrected chi connectivity index (χ1v) is 5.19.